The van der Waals surface area contributed by atoms with E-state index in [1.165, 1.54) is 14.2 Å². The number of phenols is 1. The molecule has 0 spiro atoms. The molecule has 1 unspecified atom stereocenters. The Kier molecular flexibility index (Phi) is 3.41. The third kappa shape index (κ3) is 2.32. The highest BCUT2D eigenvalue weighted by molar-refractivity contribution is 9.11. The van der Waals surface area contributed by atoms with Gasteiger partial charge in [-0.05, 0) is 58.1 Å². The average molecular weight is 324 g/mol. The molecule has 1 aromatic carbocycles. The van der Waals surface area contributed by atoms with Gasteiger partial charge in [0.15, 0.2) is 0 Å². The molecule has 0 bridgehead atoms. The van der Waals surface area contributed by atoms with Gasteiger partial charge in [-0.2, -0.15) is 0 Å². The van der Waals surface area contributed by atoms with E-state index in [1.54, 1.807) is 17.4 Å². The number of aromatic hydroxyl groups is 1. The first kappa shape index (κ1) is 12.2. The minimum Gasteiger partial charge on any atom is -0.508 e. The summed E-state index contributed by atoms with van der Waals surface area (Å²) in [5.41, 5.74) is 2.37. The molecule has 0 radical (unpaired) electrons. The summed E-state index contributed by atoms with van der Waals surface area (Å²) < 4.78 is 1.17. The first-order valence-electron chi connectivity index (χ1n) is 6.02. The second kappa shape index (κ2) is 5.03. The second-order valence-electron chi connectivity index (χ2n) is 4.52. The molecule has 18 heavy (non-hydrogen) atoms. The van der Waals surface area contributed by atoms with Crippen LogP contribution in [0.5, 0.6) is 5.75 Å². The van der Waals surface area contributed by atoms with Crippen molar-refractivity contribution in [3.63, 3.8) is 0 Å². The maximum Gasteiger partial charge on any atom is 0.119 e. The van der Waals surface area contributed by atoms with Crippen molar-refractivity contribution >= 4 is 27.3 Å². The summed E-state index contributed by atoms with van der Waals surface area (Å²) in [7, 11) is 0. The van der Waals surface area contributed by atoms with Gasteiger partial charge in [0, 0.05) is 17.5 Å². The molecule has 1 atom stereocenters. The molecule has 0 saturated heterocycles. The Bertz CT molecular complexity index is 567. The third-order valence-corrected chi connectivity index (χ3v) is 5.02. The van der Waals surface area contributed by atoms with E-state index >= 15 is 0 Å². The van der Waals surface area contributed by atoms with Crippen molar-refractivity contribution in [2.75, 3.05) is 0 Å². The minimum atomic E-state index is 0.368. The van der Waals surface area contributed by atoms with Gasteiger partial charge >= 0.3 is 0 Å². The molecule has 0 fully saturated rings. The summed E-state index contributed by atoms with van der Waals surface area (Å²) in [6.07, 6.45) is 2.03. The number of phenolic OH excluding ortho intramolecular Hbond substituents is 1. The van der Waals surface area contributed by atoms with Crippen LogP contribution < -0.4 is 5.32 Å². The predicted molar refractivity (Wildman–Crippen MR) is 78.0 cm³/mol. The lowest BCUT2D eigenvalue weighted by molar-refractivity contribution is 0.469. The number of fused-ring (bicyclic) bond motifs is 1. The standard InChI is InChI=1S/C14H14BrNOS/c15-14-7-4-9(18-14)8-16-12-6-5-11-10(12)2-1-3-13(11)17/h1-4,7,12,16-17H,5-6,8H2. The van der Waals surface area contributed by atoms with Gasteiger partial charge in [-0.3, -0.25) is 0 Å². The van der Waals surface area contributed by atoms with Crippen molar-refractivity contribution in [3.05, 3.63) is 50.1 Å². The molecule has 94 valence electrons. The Morgan fingerprint density at radius 1 is 1.33 bits per heavy atom. The highest BCUT2D eigenvalue weighted by Gasteiger charge is 2.23. The lowest BCUT2D eigenvalue weighted by Gasteiger charge is -2.13. The first-order chi connectivity index (χ1) is 8.74. The number of rotatable bonds is 3. The lowest BCUT2D eigenvalue weighted by atomic mass is 10.1. The highest BCUT2D eigenvalue weighted by atomic mass is 79.9. The van der Waals surface area contributed by atoms with E-state index in [4.69, 9.17) is 0 Å². The largest absolute Gasteiger partial charge is 0.508 e. The Hall–Kier alpha value is -0.840. The maximum absolute atomic E-state index is 9.81. The topological polar surface area (TPSA) is 32.3 Å². The summed E-state index contributed by atoms with van der Waals surface area (Å²) in [5, 5.41) is 13.4. The molecule has 4 heteroatoms. The zero-order valence-electron chi connectivity index (χ0n) is 9.82. The molecule has 2 N–H and O–H groups in total. The van der Waals surface area contributed by atoms with Crippen LogP contribution in [0.3, 0.4) is 0 Å². The smallest absolute Gasteiger partial charge is 0.119 e. The third-order valence-electron chi connectivity index (χ3n) is 3.40. The monoisotopic (exact) mass is 323 g/mol. The molecule has 0 aliphatic heterocycles. The van der Waals surface area contributed by atoms with Gasteiger partial charge in [-0.15, -0.1) is 11.3 Å². The average Bonchev–Trinajstić information content (AvgIpc) is 2.94. The number of thiophene rings is 1. The number of nitrogens with one attached hydrogen (secondary N) is 1. The number of hydrogen-bond donors (Lipinski definition) is 2. The summed E-state index contributed by atoms with van der Waals surface area (Å²) in [4.78, 5) is 1.33. The normalized spacial score (nSPS) is 17.9. The van der Waals surface area contributed by atoms with Crippen LogP contribution in [0.15, 0.2) is 34.1 Å². The molecule has 1 aliphatic rings. The summed E-state index contributed by atoms with van der Waals surface area (Å²) in [6.45, 7) is 0.885. The molecular weight excluding hydrogens is 310 g/mol. The number of halogens is 1. The molecular formula is C14H14BrNOS. The predicted octanol–water partition coefficient (Wildman–Crippen LogP) is 3.99. The summed E-state index contributed by atoms with van der Waals surface area (Å²) in [6, 6.07) is 10.4. The molecule has 1 heterocycles. The van der Waals surface area contributed by atoms with Gasteiger partial charge in [0.05, 0.1) is 3.79 Å². The second-order valence-corrected chi connectivity index (χ2v) is 7.07. The SMILES string of the molecule is Oc1cccc2c1CCC2NCc1ccc(Br)s1. The van der Waals surface area contributed by atoms with Crippen molar-refractivity contribution in [2.24, 2.45) is 0 Å². The van der Waals surface area contributed by atoms with E-state index in [-0.39, 0.29) is 0 Å². The number of hydrogen-bond acceptors (Lipinski definition) is 3. The molecule has 0 amide bonds. The van der Waals surface area contributed by atoms with Gasteiger partial charge in [0.25, 0.3) is 0 Å². The van der Waals surface area contributed by atoms with Crippen LogP contribution in [0.1, 0.15) is 28.5 Å². The Morgan fingerprint density at radius 2 is 2.22 bits per heavy atom. The zero-order chi connectivity index (χ0) is 12.5. The van der Waals surface area contributed by atoms with E-state index in [2.05, 4.69) is 39.4 Å². The Balaban J connectivity index is 1.71. The van der Waals surface area contributed by atoms with Crippen LogP contribution in [-0.2, 0) is 13.0 Å². The first-order valence-corrected chi connectivity index (χ1v) is 7.63. The van der Waals surface area contributed by atoms with Gasteiger partial charge in [-0.1, -0.05) is 12.1 Å². The van der Waals surface area contributed by atoms with Crippen molar-refractivity contribution in [1.82, 2.24) is 5.32 Å². The van der Waals surface area contributed by atoms with Crippen LogP contribution in [0, 0.1) is 0 Å². The fourth-order valence-corrected chi connectivity index (χ4v) is 3.95. The van der Waals surface area contributed by atoms with Gasteiger partial charge in [0.2, 0.25) is 0 Å². The fourth-order valence-electron chi connectivity index (χ4n) is 2.52. The van der Waals surface area contributed by atoms with Crippen LogP contribution in [0.4, 0.5) is 0 Å². The molecule has 1 aliphatic carbocycles. The van der Waals surface area contributed by atoms with Crippen molar-refractivity contribution in [3.8, 4) is 5.75 Å². The van der Waals surface area contributed by atoms with Crippen LogP contribution in [0.25, 0.3) is 0 Å². The minimum absolute atomic E-state index is 0.368. The highest BCUT2D eigenvalue weighted by Crippen LogP contribution is 2.36. The van der Waals surface area contributed by atoms with E-state index in [0.717, 1.165) is 24.9 Å². The zero-order valence-corrected chi connectivity index (χ0v) is 12.2. The van der Waals surface area contributed by atoms with Gasteiger partial charge in [0.1, 0.15) is 5.75 Å². The Morgan fingerprint density at radius 3 is 3.00 bits per heavy atom. The maximum atomic E-state index is 9.81. The molecule has 3 rings (SSSR count). The number of benzene rings is 1. The van der Waals surface area contributed by atoms with Gasteiger partial charge < -0.3 is 10.4 Å². The van der Waals surface area contributed by atoms with Crippen LogP contribution in [-0.4, -0.2) is 5.11 Å². The van der Waals surface area contributed by atoms with E-state index < -0.39 is 0 Å². The molecule has 0 saturated carbocycles. The quantitative estimate of drug-likeness (QED) is 0.895. The summed E-state index contributed by atoms with van der Waals surface area (Å²) in [5.74, 6) is 0.440. The molecule has 2 aromatic rings. The van der Waals surface area contributed by atoms with E-state index in [1.807, 2.05) is 6.07 Å². The van der Waals surface area contributed by atoms with Crippen LogP contribution in [0.2, 0.25) is 0 Å². The van der Waals surface area contributed by atoms with Crippen molar-refractivity contribution in [2.45, 2.75) is 25.4 Å². The van der Waals surface area contributed by atoms with E-state index in [0.29, 0.717) is 11.8 Å². The van der Waals surface area contributed by atoms with Gasteiger partial charge in [-0.25, -0.2) is 0 Å². The van der Waals surface area contributed by atoms with Crippen molar-refractivity contribution < 1.29 is 5.11 Å². The molecule has 2 nitrogen and oxygen atoms in total. The van der Waals surface area contributed by atoms with Crippen molar-refractivity contribution in [1.29, 1.82) is 0 Å². The van der Waals surface area contributed by atoms with E-state index in [9.17, 15) is 5.11 Å². The lowest BCUT2D eigenvalue weighted by Crippen LogP contribution is -2.17. The summed E-state index contributed by atoms with van der Waals surface area (Å²) >= 11 is 5.24. The Labute approximate surface area is 119 Å². The fraction of sp³-hybridized carbons (Fsp3) is 0.286. The molecule has 1 aromatic heterocycles. The van der Waals surface area contributed by atoms with Crippen LogP contribution >= 0.6 is 27.3 Å².